The summed E-state index contributed by atoms with van der Waals surface area (Å²) in [5.74, 6) is 2.64. The zero-order valence-corrected chi connectivity index (χ0v) is 25.2. The van der Waals surface area contributed by atoms with Crippen LogP contribution >= 0.6 is 0 Å². The fraction of sp³-hybridized carbons (Fsp3) is 0.516. The van der Waals surface area contributed by atoms with Crippen LogP contribution in [0.25, 0.3) is 11.4 Å². The quantitative estimate of drug-likeness (QED) is 0.351. The Balaban J connectivity index is 1.40. The van der Waals surface area contributed by atoms with Gasteiger partial charge in [0.1, 0.15) is 11.4 Å². The van der Waals surface area contributed by atoms with Gasteiger partial charge in [-0.2, -0.15) is 4.98 Å². The summed E-state index contributed by atoms with van der Waals surface area (Å²) in [6.07, 6.45) is 5.65. The normalized spacial score (nSPS) is 17.0. The summed E-state index contributed by atoms with van der Waals surface area (Å²) in [5, 5.41) is 3.29. The van der Waals surface area contributed by atoms with E-state index in [1.807, 2.05) is 45.0 Å². The molecule has 1 amide bonds. The largest absolute Gasteiger partial charge is 0.477 e. The number of carbonyl (C=O) groups excluding carboxylic acids is 1. The van der Waals surface area contributed by atoms with Gasteiger partial charge in [-0.3, -0.25) is 4.98 Å². The van der Waals surface area contributed by atoms with Gasteiger partial charge >= 0.3 is 6.09 Å². The van der Waals surface area contributed by atoms with Crippen molar-refractivity contribution in [1.29, 1.82) is 0 Å². The van der Waals surface area contributed by atoms with Crippen LogP contribution in [0.4, 0.5) is 22.1 Å². The molecule has 2 aliphatic rings. The first-order valence-corrected chi connectivity index (χ1v) is 14.7. The highest BCUT2D eigenvalue weighted by Crippen LogP contribution is 2.32. The van der Waals surface area contributed by atoms with Crippen LogP contribution in [0.2, 0.25) is 0 Å². The molecule has 0 radical (unpaired) electrons. The number of rotatable bonds is 8. The number of nitrogens with one attached hydrogen (secondary N) is 1. The molecule has 1 saturated heterocycles. The number of fused-ring (bicyclic) bond motifs is 1. The van der Waals surface area contributed by atoms with Gasteiger partial charge in [0.25, 0.3) is 0 Å². The number of unbranched alkanes of at least 4 members (excludes halogenated alkanes) is 1. The second kappa shape index (κ2) is 12.9. The van der Waals surface area contributed by atoms with Gasteiger partial charge < -0.3 is 29.3 Å². The lowest BCUT2D eigenvalue weighted by molar-refractivity contribution is 0.0220. The molecule has 0 saturated carbocycles. The molecule has 1 N–H and O–H groups in total. The van der Waals surface area contributed by atoms with E-state index in [-0.39, 0.29) is 12.1 Å². The molecule has 2 aliphatic heterocycles. The van der Waals surface area contributed by atoms with Crippen molar-refractivity contribution in [3.63, 3.8) is 0 Å². The van der Waals surface area contributed by atoms with Gasteiger partial charge in [-0.25, -0.2) is 14.8 Å². The smallest absolute Gasteiger partial charge is 0.410 e. The van der Waals surface area contributed by atoms with E-state index >= 15 is 0 Å². The molecule has 224 valence electrons. The van der Waals surface area contributed by atoms with Crippen LogP contribution in [0.3, 0.4) is 0 Å². The van der Waals surface area contributed by atoms with Crippen LogP contribution in [0.5, 0.6) is 5.88 Å². The fourth-order valence-corrected chi connectivity index (χ4v) is 4.95. The van der Waals surface area contributed by atoms with Crippen LogP contribution in [-0.2, 0) is 22.4 Å². The Morgan fingerprint density at radius 2 is 1.93 bits per heavy atom. The minimum atomic E-state index is -0.562. The van der Waals surface area contributed by atoms with Gasteiger partial charge in [0.2, 0.25) is 5.88 Å². The molecule has 42 heavy (non-hydrogen) atoms. The van der Waals surface area contributed by atoms with Crippen molar-refractivity contribution in [3.05, 3.63) is 47.9 Å². The van der Waals surface area contributed by atoms with Crippen LogP contribution in [0.15, 0.2) is 36.7 Å². The highest BCUT2D eigenvalue weighted by molar-refractivity contribution is 5.70. The first-order valence-electron chi connectivity index (χ1n) is 14.7. The maximum absolute atomic E-state index is 12.9. The molecule has 5 rings (SSSR count). The summed E-state index contributed by atoms with van der Waals surface area (Å²) < 4.78 is 17.0. The average Bonchev–Trinajstić information content (AvgIpc) is 2.96. The second-order valence-electron chi connectivity index (χ2n) is 11.7. The van der Waals surface area contributed by atoms with E-state index in [9.17, 15) is 4.79 Å². The molecule has 4 heterocycles. The number of nitrogens with zero attached hydrogens (tertiary/aromatic N) is 6. The zero-order chi connectivity index (χ0) is 29.7. The van der Waals surface area contributed by atoms with Crippen molar-refractivity contribution >= 4 is 23.4 Å². The average molecular weight is 576 g/mol. The molecule has 1 aromatic carbocycles. The monoisotopic (exact) mass is 575 g/mol. The predicted molar refractivity (Wildman–Crippen MR) is 161 cm³/mol. The van der Waals surface area contributed by atoms with E-state index in [2.05, 4.69) is 34.0 Å². The third-order valence-corrected chi connectivity index (χ3v) is 7.11. The number of carbonyl (C=O) groups is 1. The van der Waals surface area contributed by atoms with E-state index in [1.54, 1.807) is 17.3 Å². The Morgan fingerprint density at radius 1 is 1.12 bits per heavy atom. The third-order valence-electron chi connectivity index (χ3n) is 7.11. The summed E-state index contributed by atoms with van der Waals surface area (Å²) in [6.45, 7) is 13.5. The van der Waals surface area contributed by atoms with Crippen molar-refractivity contribution < 1.29 is 19.0 Å². The molecular formula is C31H41N7O4. The van der Waals surface area contributed by atoms with Crippen molar-refractivity contribution in [3.8, 4) is 17.3 Å². The molecule has 0 aliphatic carbocycles. The Hall–Kier alpha value is -3.99. The Morgan fingerprint density at radius 3 is 2.67 bits per heavy atom. The molecule has 0 spiro atoms. The maximum atomic E-state index is 12.9. The summed E-state index contributed by atoms with van der Waals surface area (Å²) in [4.78, 5) is 35.7. The zero-order valence-electron chi connectivity index (χ0n) is 25.2. The van der Waals surface area contributed by atoms with E-state index in [0.29, 0.717) is 56.9 Å². The SMILES string of the molecule is CCCCOc1cncc(Nc2ccc(-c3nc4c(c(N5CCOC[C@@H]5C)n3)CCN(C(=O)OC(C)(C)C)C4)cc2)n1. The molecule has 3 aromatic rings. The van der Waals surface area contributed by atoms with Crippen LogP contribution in [0, 0.1) is 0 Å². The first-order chi connectivity index (χ1) is 20.2. The number of ether oxygens (including phenoxy) is 3. The van der Waals surface area contributed by atoms with Gasteiger partial charge in [-0.15, -0.1) is 0 Å². The molecule has 11 nitrogen and oxygen atoms in total. The number of hydrogen-bond acceptors (Lipinski definition) is 10. The van der Waals surface area contributed by atoms with E-state index in [1.165, 1.54) is 0 Å². The minimum Gasteiger partial charge on any atom is -0.477 e. The van der Waals surface area contributed by atoms with Gasteiger partial charge in [0.05, 0.1) is 50.5 Å². The van der Waals surface area contributed by atoms with Crippen molar-refractivity contribution in [2.24, 2.45) is 0 Å². The van der Waals surface area contributed by atoms with Crippen LogP contribution < -0.4 is 15.0 Å². The van der Waals surface area contributed by atoms with Crippen LogP contribution in [-0.4, -0.2) is 75.5 Å². The molecule has 1 fully saturated rings. The second-order valence-corrected chi connectivity index (χ2v) is 11.7. The minimum absolute atomic E-state index is 0.184. The lowest BCUT2D eigenvalue weighted by Crippen LogP contribution is -2.46. The molecule has 2 aromatic heterocycles. The number of amides is 1. The molecule has 0 unspecified atom stereocenters. The lowest BCUT2D eigenvalue weighted by atomic mass is 10.0. The summed E-state index contributed by atoms with van der Waals surface area (Å²) in [5.41, 5.74) is 3.11. The Labute approximate surface area is 247 Å². The third kappa shape index (κ3) is 7.25. The number of aromatic nitrogens is 4. The molecule has 0 bridgehead atoms. The first kappa shape index (κ1) is 29.5. The number of benzene rings is 1. The van der Waals surface area contributed by atoms with Gasteiger partial charge in [-0.05, 0) is 64.8 Å². The Kier molecular flexibility index (Phi) is 9.06. The van der Waals surface area contributed by atoms with Gasteiger partial charge in [-0.1, -0.05) is 13.3 Å². The topological polar surface area (TPSA) is 115 Å². The van der Waals surface area contributed by atoms with Crippen molar-refractivity contribution in [2.75, 3.05) is 43.1 Å². The van der Waals surface area contributed by atoms with E-state index in [4.69, 9.17) is 24.2 Å². The van der Waals surface area contributed by atoms with Crippen molar-refractivity contribution in [1.82, 2.24) is 24.8 Å². The number of anilines is 3. The van der Waals surface area contributed by atoms with Gasteiger partial charge in [0.15, 0.2) is 11.6 Å². The highest BCUT2D eigenvalue weighted by atomic mass is 16.6. The molecule has 11 heteroatoms. The summed E-state index contributed by atoms with van der Waals surface area (Å²) in [7, 11) is 0. The van der Waals surface area contributed by atoms with Crippen LogP contribution in [0.1, 0.15) is 58.7 Å². The van der Waals surface area contributed by atoms with Gasteiger partial charge in [0, 0.05) is 29.9 Å². The summed E-state index contributed by atoms with van der Waals surface area (Å²) >= 11 is 0. The number of hydrogen-bond donors (Lipinski definition) is 1. The maximum Gasteiger partial charge on any atom is 0.410 e. The van der Waals surface area contributed by atoms with E-state index < -0.39 is 5.60 Å². The predicted octanol–water partition coefficient (Wildman–Crippen LogP) is 5.37. The Bertz CT molecular complexity index is 1380. The lowest BCUT2D eigenvalue weighted by Gasteiger charge is -2.38. The standard InChI is InChI=1S/C31H41N7O4/c1-6-7-15-41-27-18-32-17-26(35-27)33-23-10-8-22(9-11-23)28-34-25-19-37(30(39)42-31(3,4)5)13-12-24(25)29(36-28)38-14-16-40-20-21(38)2/h8-11,17-18,21H,6-7,12-16,19-20H2,1-5H3,(H,33,35)/t21-/m0/s1. The molecular weight excluding hydrogens is 534 g/mol. The fourth-order valence-electron chi connectivity index (χ4n) is 4.95. The highest BCUT2D eigenvalue weighted by Gasteiger charge is 2.32. The molecule has 1 atom stereocenters. The van der Waals surface area contributed by atoms with Crippen molar-refractivity contribution in [2.45, 2.75) is 72.1 Å². The van der Waals surface area contributed by atoms with E-state index in [0.717, 1.165) is 47.7 Å². The number of morpholine rings is 1. The summed E-state index contributed by atoms with van der Waals surface area (Å²) in [6, 6.07) is 8.09.